The Kier molecular flexibility index (Phi) is 5.87. The van der Waals surface area contributed by atoms with Crippen LogP contribution >= 0.6 is 0 Å². The second-order valence-electron chi connectivity index (χ2n) is 5.68. The number of benzene rings is 1. The second kappa shape index (κ2) is 7.62. The smallest absolute Gasteiger partial charge is 0.262 e. The Morgan fingerprint density at radius 3 is 2.44 bits per heavy atom. The van der Waals surface area contributed by atoms with E-state index in [1.54, 1.807) is 6.07 Å². The molecule has 0 radical (unpaired) electrons. The Labute approximate surface area is 153 Å². The molecule has 0 aliphatic carbocycles. The van der Waals surface area contributed by atoms with Gasteiger partial charge in [-0.05, 0) is 30.2 Å². The van der Waals surface area contributed by atoms with Gasteiger partial charge in [-0.3, -0.25) is 4.98 Å². The predicted molar refractivity (Wildman–Crippen MR) is 88.5 cm³/mol. The van der Waals surface area contributed by atoms with Crippen molar-refractivity contribution in [3.8, 4) is 6.07 Å². The summed E-state index contributed by atoms with van der Waals surface area (Å²) in [6.45, 7) is 2.05. The van der Waals surface area contributed by atoms with Crippen molar-refractivity contribution in [3.05, 3.63) is 59.2 Å². The first kappa shape index (κ1) is 20.8. The van der Waals surface area contributed by atoms with E-state index < -0.39 is 45.1 Å². The van der Waals surface area contributed by atoms with Gasteiger partial charge >= 0.3 is 6.18 Å². The normalized spacial score (nSPS) is 13.4. The van der Waals surface area contributed by atoms with Crippen LogP contribution in [0.4, 0.5) is 17.6 Å². The zero-order chi connectivity index (χ0) is 20.4. The van der Waals surface area contributed by atoms with Crippen molar-refractivity contribution in [1.82, 2.24) is 9.29 Å². The Morgan fingerprint density at radius 1 is 1.26 bits per heavy atom. The molecule has 144 valence electrons. The molecule has 0 aliphatic heterocycles. The monoisotopic (exact) mass is 401 g/mol. The van der Waals surface area contributed by atoms with E-state index in [-0.39, 0.29) is 15.4 Å². The zero-order valence-corrected chi connectivity index (χ0v) is 15.1. The zero-order valence-electron chi connectivity index (χ0n) is 14.3. The van der Waals surface area contributed by atoms with Crippen LogP contribution in [0.3, 0.4) is 0 Å². The Hall–Kier alpha value is -2.51. The third-order valence-corrected chi connectivity index (χ3v) is 5.76. The Balaban J connectivity index is 2.64. The number of aryl methyl sites for hydroxylation is 1. The van der Waals surface area contributed by atoms with Crippen molar-refractivity contribution < 1.29 is 26.0 Å². The van der Waals surface area contributed by atoms with E-state index in [9.17, 15) is 26.0 Å². The quantitative estimate of drug-likeness (QED) is 0.716. The largest absolute Gasteiger partial charge is 0.409 e. The fourth-order valence-corrected chi connectivity index (χ4v) is 4.20. The van der Waals surface area contributed by atoms with Crippen LogP contribution in [0.25, 0.3) is 0 Å². The molecular weight excluding hydrogens is 386 g/mol. The number of nitrogens with zero attached hydrogens (tertiary/aromatic N) is 3. The molecule has 1 aromatic heterocycles. The van der Waals surface area contributed by atoms with Gasteiger partial charge in [-0.15, -0.1) is 0 Å². The molecule has 0 amide bonds. The van der Waals surface area contributed by atoms with E-state index in [1.165, 1.54) is 13.8 Å². The molecule has 5 nitrogen and oxygen atoms in total. The summed E-state index contributed by atoms with van der Waals surface area (Å²) < 4.78 is 80.8. The summed E-state index contributed by atoms with van der Waals surface area (Å²) in [6.07, 6.45) is -2.98. The lowest BCUT2D eigenvalue weighted by atomic mass is 10.0. The minimum Gasteiger partial charge on any atom is -0.262 e. The first-order valence-corrected chi connectivity index (χ1v) is 9.16. The van der Waals surface area contributed by atoms with E-state index in [1.807, 2.05) is 0 Å². The summed E-state index contributed by atoms with van der Waals surface area (Å²) in [7, 11) is -4.63. The second-order valence-corrected chi connectivity index (χ2v) is 7.57. The SMILES string of the molecule is CCN([C@@H](c1ccc(F)c(C)c1)C(F)(F)F)S(=O)(=O)c1cncc(C#N)c1. The van der Waals surface area contributed by atoms with Crippen LogP contribution in [0.1, 0.15) is 29.7 Å². The first-order chi connectivity index (χ1) is 12.5. The van der Waals surface area contributed by atoms with Gasteiger partial charge in [-0.1, -0.05) is 19.1 Å². The maximum Gasteiger partial charge on any atom is 0.409 e. The standard InChI is InChI=1S/C17H15F4N3O2S/c1-3-24(27(25,26)14-7-12(8-22)9-23-10-14)16(17(19,20)21)13-4-5-15(18)11(2)6-13/h4-7,9-10,16H,3H2,1-2H3/t16-/m0/s1. The molecule has 10 heteroatoms. The van der Waals surface area contributed by atoms with E-state index in [2.05, 4.69) is 4.98 Å². The van der Waals surface area contributed by atoms with E-state index in [0.717, 1.165) is 36.7 Å². The summed E-state index contributed by atoms with van der Waals surface area (Å²) in [5.41, 5.74) is -0.548. The molecular formula is C17H15F4N3O2S. The van der Waals surface area contributed by atoms with Gasteiger partial charge in [0.15, 0.2) is 0 Å². The fraction of sp³-hybridized carbons (Fsp3) is 0.294. The maximum absolute atomic E-state index is 13.8. The number of rotatable bonds is 5. The molecule has 0 bridgehead atoms. The van der Waals surface area contributed by atoms with Gasteiger partial charge in [-0.2, -0.15) is 22.7 Å². The van der Waals surface area contributed by atoms with Gasteiger partial charge in [0.05, 0.1) is 5.56 Å². The third-order valence-electron chi connectivity index (χ3n) is 3.86. The highest BCUT2D eigenvalue weighted by molar-refractivity contribution is 7.89. The van der Waals surface area contributed by atoms with Crippen molar-refractivity contribution in [2.45, 2.75) is 31.0 Å². The van der Waals surface area contributed by atoms with Gasteiger partial charge in [0.1, 0.15) is 22.8 Å². The van der Waals surface area contributed by atoms with Crippen LogP contribution in [0.15, 0.2) is 41.6 Å². The van der Waals surface area contributed by atoms with Gasteiger partial charge < -0.3 is 0 Å². The molecule has 0 saturated carbocycles. The van der Waals surface area contributed by atoms with E-state index >= 15 is 0 Å². The predicted octanol–water partition coefficient (Wildman–Crippen LogP) is 3.72. The van der Waals surface area contributed by atoms with Gasteiger partial charge in [0.2, 0.25) is 10.0 Å². The molecule has 0 aliphatic rings. The highest BCUT2D eigenvalue weighted by atomic mass is 32.2. The topological polar surface area (TPSA) is 74.1 Å². The highest BCUT2D eigenvalue weighted by Gasteiger charge is 2.48. The first-order valence-electron chi connectivity index (χ1n) is 7.72. The summed E-state index contributed by atoms with van der Waals surface area (Å²) in [5, 5.41) is 8.88. The number of pyridine rings is 1. The molecule has 0 spiro atoms. The average Bonchev–Trinajstić information content (AvgIpc) is 2.61. The number of hydrogen-bond donors (Lipinski definition) is 0. The number of aromatic nitrogens is 1. The molecule has 1 heterocycles. The summed E-state index contributed by atoms with van der Waals surface area (Å²) in [6, 6.07) is 2.86. The number of alkyl halides is 3. The number of halogens is 4. The van der Waals surface area contributed by atoms with Crippen LogP contribution in [0, 0.1) is 24.1 Å². The summed E-state index contributed by atoms with van der Waals surface area (Å²) >= 11 is 0. The Bertz CT molecular complexity index is 984. The fourth-order valence-electron chi connectivity index (χ4n) is 2.60. The van der Waals surface area contributed by atoms with Crippen molar-refractivity contribution in [1.29, 1.82) is 5.26 Å². The minimum atomic E-state index is -4.95. The Morgan fingerprint density at radius 2 is 1.93 bits per heavy atom. The van der Waals surface area contributed by atoms with Crippen molar-refractivity contribution in [2.75, 3.05) is 6.54 Å². The maximum atomic E-state index is 13.8. The molecule has 27 heavy (non-hydrogen) atoms. The summed E-state index contributed by atoms with van der Waals surface area (Å²) in [5.74, 6) is -0.698. The molecule has 0 saturated heterocycles. The van der Waals surface area contributed by atoms with Crippen LogP contribution in [-0.4, -0.2) is 30.4 Å². The lowest BCUT2D eigenvalue weighted by molar-refractivity contribution is -0.173. The van der Waals surface area contributed by atoms with Crippen LogP contribution in [0.5, 0.6) is 0 Å². The van der Waals surface area contributed by atoms with Crippen molar-refractivity contribution in [2.24, 2.45) is 0 Å². The highest BCUT2D eigenvalue weighted by Crippen LogP contribution is 2.40. The molecule has 1 aromatic carbocycles. The van der Waals surface area contributed by atoms with Crippen LogP contribution in [0.2, 0.25) is 0 Å². The van der Waals surface area contributed by atoms with Crippen LogP contribution < -0.4 is 0 Å². The third kappa shape index (κ3) is 4.26. The van der Waals surface area contributed by atoms with Crippen LogP contribution in [-0.2, 0) is 10.0 Å². The average molecular weight is 401 g/mol. The summed E-state index contributed by atoms with van der Waals surface area (Å²) in [4.78, 5) is 3.07. The van der Waals surface area contributed by atoms with Crippen molar-refractivity contribution >= 4 is 10.0 Å². The number of hydrogen-bond acceptors (Lipinski definition) is 4. The lowest BCUT2D eigenvalue weighted by Gasteiger charge is -2.32. The van der Waals surface area contributed by atoms with Gasteiger partial charge in [0, 0.05) is 18.9 Å². The van der Waals surface area contributed by atoms with Crippen molar-refractivity contribution in [3.63, 3.8) is 0 Å². The minimum absolute atomic E-state index is 0.0386. The number of sulfonamides is 1. The van der Waals surface area contributed by atoms with E-state index in [4.69, 9.17) is 5.26 Å². The molecule has 0 fully saturated rings. The lowest BCUT2D eigenvalue weighted by Crippen LogP contribution is -2.42. The van der Waals surface area contributed by atoms with Gasteiger partial charge in [-0.25, -0.2) is 12.8 Å². The molecule has 2 rings (SSSR count). The molecule has 1 atom stereocenters. The number of nitriles is 1. The molecule has 2 aromatic rings. The molecule has 0 N–H and O–H groups in total. The molecule has 0 unspecified atom stereocenters. The van der Waals surface area contributed by atoms with Gasteiger partial charge in [0.25, 0.3) is 0 Å². The van der Waals surface area contributed by atoms with E-state index in [0.29, 0.717) is 0 Å².